The maximum atomic E-state index is 5.41. The molecule has 0 aliphatic carbocycles. The average molecular weight is 453 g/mol. The number of aliphatic imine (C=N–C) groups is 1. The van der Waals surface area contributed by atoms with E-state index in [0.717, 1.165) is 29.6 Å². The summed E-state index contributed by atoms with van der Waals surface area (Å²) in [5, 5.41) is 8.53. The molecule has 0 radical (unpaired) electrons. The number of aromatic nitrogens is 2. The number of nitrogens with one attached hydrogen (secondary N) is 2. The molecule has 0 spiro atoms. The largest absolute Gasteiger partial charge is 0.382 e. The zero-order chi connectivity index (χ0) is 15.6. The van der Waals surface area contributed by atoms with Gasteiger partial charge in [0.1, 0.15) is 0 Å². The van der Waals surface area contributed by atoms with E-state index in [-0.39, 0.29) is 24.0 Å². The summed E-state index contributed by atoms with van der Waals surface area (Å²) in [7, 11) is 3.43. The van der Waals surface area contributed by atoms with Crippen molar-refractivity contribution in [3.05, 3.63) is 23.5 Å². The molecular formula is C14H24IN5O2S. The van der Waals surface area contributed by atoms with Crippen LogP contribution in [0.5, 0.6) is 0 Å². The van der Waals surface area contributed by atoms with Gasteiger partial charge in [-0.25, -0.2) is 4.98 Å². The predicted octanol–water partition coefficient (Wildman–Crippen LogP) is 1.73. The van der Waals surface area contributed by atoms with Gasteiger partial charge in [0, 0.05) is 45.1 Å². The lowest BCUT2D eigenvalue weighted by atomic mass is 10.4. The number of guanidine groups is 1. The zero-order valence-electron chi connectivity index (χ0n) is 13.4. The van der Waals surface area contributed by atoms with Crippen LogP contribution < -0.4 is 10.6 Å². The number of fused-ring (bicyclic) bond motifs is 1. The van der Waals surface area contributed by atoms with Crippen LogP contribution in [0.4, 0.5) is 0 Å². The zero-order valence-corrected chi connectivity index (χ0v) is 16.6. The summed E-state index contributed by atoms with van der Waals surface area (Å²) in [4.78, 5) is 9.72. The molecule has 0 amide bonds. The average Bonchev–Trinajstić information content (AvgIpc) is 3.10. The number of ether oxygens (including phenoxy) is 2. The highest BCUT2D eigenvalue weighted by Crippen LogP contribution is 2.10. The third-order valence-corrected chi connectivity index (χ3v) is 3.76. The minimum absolute atomic E-state index is 0. The molecule has 0 saturated heterocycles. The van der Waals surface area contributed by atoms with Gasteiger partial charge in [-0.3, -0.25) is 9.39 Å². The van der Waals surface area contributed by atoms with Crippen LogP contribution in [-0.4, -0.2) is 55.9 Å². The Morgan fingerprint density at radius 3 is 2.96 bits per heavy atom. The number of thiazole rings is 1. The lowest BCUT2D eigenvalue weighted by Gasteiger charge is -2.11. The first-order valence-electron chi connectivity index (χ1n) is 7.25. The highest BCUT2D eigenvalue weighted by molar-refractivity contribution is 14.0. The summed E-state index contributed by atoms with van der Waals surface area (Å²) in [5.74, 6) is 0.772. The van der Waals surface area contributed by atoms with Gasteiger partial charge in [0.2, 0.25) is 0 Å². The van der Waals surface area contributed by atoms with E-state index in [2.05, 4.69) is 20.6 Å². The number of nitrogens with zero attached hydrogens (tertiary/aromatic N) is 3. The summed E-state index contributed by atoms with van der Waals surface area (Å²) in [6.45, 7) is 3.45. The van der Waals surface area contributed by atoms with Crippen LogP contribution in [0.15, 0.2) is 22.8 Å². The van der Waals surface area contributed by atoms with Gasteiger partial charge in [-0.15, -0.1) is 35.3 Å². The Morgan fingerprint density at radius 1 is 1.35 bits per heavy atom. The summed E-state index contributed by atoms with van der Waals surface area (Å²) in [6.07, 6.45) is 4.95. The molecule has 0 bridgehead atoms. The fourth-order valence-corrected chi connectivity index (χ4v) is 2.60. The van der Waals surface area contributed by atoms with Crippen LogP contribution in [0.3, 0.4) is 0 Å². The number of halogens is 1. The SMILES string of the molecule is CN=C(NCCCOCCOC)NCc1cn2ccsc2n1.I. The van der Waals surface area contributed by atoms with Crippen molar-refractivity contribution < 1.29 is 9.47 Å². The van der Waals surface area contributed by atoms with Crippen molar-refractivity contribution in [2.75, 3.05) is 40.5 Å². The van der Waals surface area contributed by atoms with Crippen LogP contribution in [0, 0.1) is 0 Å². The Kier molecular flexibility index (Phi) is 10.2. The molecule has 9 heteroatoms. The summed E-state index contributed by atoms with van der Waals surface area (Å²) < 4.78 is 12.3. The molecule has 0 unspecified atom stereocenters. The molecule has 7 nitrogen and oxygen atoms in total. The smallest absolute Gasteiger partial charge is 0.193 e. The first-order valence-corrected chi connectivity index (χ1v) is 8.13. The number of hydrogen-bond acceptors (Lipinski definition) is 5. The molecule has 2 aromatic rings. The fraction of sp³-hybridized carbons (Fsp3) is 0.571. The first kappa shape index (κ1) is 20.1. The van der Waals surface area contributed by atoms with E-state index in [4.69, 9.17) is 9.47 Å². The van der Waals surface area contributed by atoms with E-state index in [1.807, 2.05) is 22.2 Å². The quantitative estimate of drug-likeness (QED) is 0.262. The second-order valence-electron chi connectivity index (χ2n) is 4.64. The molecule has 0 fully saturated rings. The minimum Gasteiger partial charge on any atom is -0.382 e. The number of rotatable bonds is 9. The Bertz CT molecular complexity index is 558. The van der Waals surface area contributed by atoms with Crippen LogP contribution in [-0.2, 0) is 16.0 Å². The second kappa shape index (κ2) is 11.6. The minimum atomic E-state index is 0. The van der Waals surface area contributed by atoms with Gasteiger partial charge < -0.3 is 20.1 Å². The molecule has 2 N–H and O–H groups in total. The summed E-state index contributed by atoms with van der Waals surface area (Å²) in [6, 6.07) is 0. The number of methoxy groups -OCH3 is 1. The van der Waals surface area contributed by atoms with Gasteiger partial charge in [0.25, 0.3) is 0 Å². The molecule has 0 saturated carbocycles. The van der Waals surface area contributed by atoms with Crippen LogP contribution in [0.1, 0.15) is 12.1 Å². The fourth-order valence-electron chi connectivity index (χ4n) is 1.88. The normalized spacial score (nSPS) is 11.5. The van der Waals surface area contributed by atoms with Gasteiger partial charge in [-0.05, 0) is 6.42 Å². The van der Waals surface area contributed by atoms with Crippen molar-refractivity contribution in [2.45, 2.75) is 13.0 Å². The topological polar surface area (TPSA) is 72.2 Å². The Hall–Kier alpha value is -0.910. The van der Waals surface area contributed by atoms with Crippen molar-refractivity contribution in [3.8, 4) is 0 Å². The molecule has 2 heterocycles. The van der Waals surface area contributed by atoms with E-state index in [1.165, 1.54) is 0 Å². The van der Waals surface area contributed by atoms with E-state index in [0.29, 0.717) is 26.4 Å². The van der Waals surface area contributed by atoms with E-state index >= 15 is 0 Å². The molecule has 0 atom stereocenters. The maximum absolute atomic E-state index is 5.41. The van der Waals surface area contributed by atoms with Crippen LogP contribution >= 0.6 is 35.3 Å². The van der Waals surface area contributed by atoms with Crippen molar-refractivity contribution >= 4 is 46.2 Å². The highest BCUT2D eigenvalue weighted by atomic mass is 127. The predicted molar refractivity (Wildman–Crippen MR) is 104 cm³/mol. The molecular weight excluding hydrogens is 429 g/mol. The molecule has 130 valence electrons. The van der Waals surface area contributed by atoms with Gasteiger partial charge >= 0.3 is 0 Å². The van der Waals surface area contributed by atoms with Gasteiger partial charge in [-0.1, -0.05) is 0 Å². The highest BCUT2D eigenvalue weighted by Gasteiger charge is 2.03. The molecule has 0 aliphatic rings. The van der Waals surface area contributed by atoms with Crippen molar-refractivity contribution in [1.29, 1.82) is 0 Å². The van der Waals surface area contributed by atoms with Crippen LogP contribution in [0.2, 0.25) is 0 Å². The molecule has 2 aromatic heterocycles. The van der Waals surface area contributed by atoms with Gasteiger partial charge in [-0.2, -0.15) is 0 Å². The third-order valence-electron chi connectivity index (χ3n) is 2.99. The Morgan fingerprint density at radius 2 is 2.22 bits per heavy atom. The van der Waals surface area contributed by atoms with E-state index in [9.17, 15) is 0 Å². The van der Waals surface area contributed by atoms with Crippen LogP contribution in [0.25, 0.3) is 4.96 Å². The number of hydrogen-bond donors (Lipinski definition) is 2. The van der Waals surface area contributed by atoms with Crippen molar-refractivity contribution in [2.24, 2.45) is 4.99 Å². The summed E-state index contributed by atoms with van der Waals surface area (Å²) >= 11 is 1.63. The lowest BCUT2D eigenvalue weighted by Crippen LogP contribution is -2.37. The van der Waals surface area contributed by atoms with E-state index < -0.39 is 0 Å². The molecule has 0 aromatic carbocycles. The van der Waals surface area contributed by atoms with Crippen molar-refractivity contribution in [1.82, 2.24) is 20.0 Å². The van der Waals surface area contributed by atoms with Crippen molar-refractivity contribution in [3.63, 3.8) is 0 Å². The maximum Gasteiger partial charge on any atom is 0.193 e. The first-order chi connectivity index (χ1) is 10.8. The number of imidazole rings is 1. The lowest BCUT2D eigenvalue weighted by molar-refractivity contribution is 0.0698. The molecule has 0 aliphatic heterocycles. The second-order valence-corrected chi connectivity index (χ2v) is 5.51. The molecule has 23 heavy (non-hydrogen) atoms. The Labute approximate surface area is 157 Å². The van der Waals surface area contributed by atoms with E-state index in [1.54, 1.807) is 25.5 Å². The summed E-state index contributed by atoms with van der Waals surface area (Å²) in [5.41, 5.74) is 0.998. The Balaban J connectivity index is 0.00000264. The van der Waals surface area contributed by atoms with Gasteiger partial charge in [0.05, 0.1) is 25.5 Å². The standard InChI is InChI=1S/C14H23N5O2S.HI/c1-15-13(16-4-3-6-21-8-7-20-2)17-10-12-11-19-5-9-22-14(19)18-12;/h5,9,11H,3-4,6-8,10H2,1-2H3,(H2,15,16,17);1H. The van der Waals surface area contributed by atoms with Gasteiger partial charge in [0.15, 0.2) is 10.9 Å². The molecule has 2 rings (SSSR count). The monoisotopic (exact) mass is 453 g/mol. The third kappa shape index (κ3) is 7.02.